The Morgan fingerprint density at radius 3 is 2.19 bits per heavy atom. The Labute approximate surface area is 128 Å². The first-order valence-corrected chi connectivity index (χ1v) is 7.60. The van der Waals surface area contributed by atoms with E-state index in [1.165, 1.54) is 16.7 Å². The molecule has 0 aliphatic heterocycles. The van der Waals surface area contributed by atoms with Crippen molar-refractivity contribution in [2.45, 2.75) is 25.9 Å². The average molecular weight is 282 g/mol. The van der Waals surface area contributed by atoms with Crippen molar-refractivity contribution < 1.29 is 0 Å². The highest BCUT2D eigenvalue weighted by molar-refractivity contribution is 5.36. The standard InChI is InChI=1S/C19H26N2/c1-15-10-8-9-13-18(15)19(17-11-6-5-7-12-17)20-14-16(2)21(3)4/h5-13,16,19-20H,14H2,1-4H3. The Balaban J connectivity index is 2.26. The van der Waals surface area contributed by atoms with E-state index in [2.05, 4.69) is 92.8 Å². The monoisotopic (exact) mass is 282 g/mol. The van der Waals surface area contributed by atoms with Crippen molar-refractivity contribution in [2.24, 2.45) is 0 Å². The largest absolute Gasteiger partial charge is 0.305 e. The van der Waals surface area contributed by atoms with Crippen LogP contribution in [0.4, 0.5) is 0 Å². The molecule has 0 amide bonds. The predicted molar refractivity (Wildman–Crippen MR) is 90.6 cm³/mol. The van der Waals surface area contributed by atoms with Crippen LogP contribution in [-0.4, -0.2) is 31.6 Å². The molecule has 0 spiro atoms. The highest BCUT2D eigenvalue weighted by Gasteiger charge is 2.16. The van der Waals surface area contributed by atoms with Gasteiger partial charge in [0.2, 0.25) is 0 Å². The van der Waals surface area contributed by atoms with Gasteiger partial charge in [0, 0.05) is 12.6 Å². The van der Waals surface area contributed by atoms with Crippen molar-refractivity contribution in [1.82, 2.24) is 10.2 Å². The number of rotatable bonds is 6. The van der Waals surface area contributed by atoms with Gasteiger partial charge in [-0.2, -0.15) is 0 Å². The second kappa shape index (κ2) is 7.39. The number of hydrogen-bond acceptors (Lipinski definition) is 2. The first-order valence-electron chi connectivity index (χ1n) is 7.60. The van der Waals surface area contributed by atoms with E-state index < -0.39 is 0 Å². The summed E-state index contributed by atoms with van der Waals surface area (Å²) in [6.45, 7) is 5.39. The minimum absolute atomic E-state index is 0.245. The predicted octanol–water partition coefficient (Wildman–Crippen LogP) is 3.62. The molecule has 2 aromatic rings. The molecular formula is C19H26N2. The summed E-state index contributed by atoms with van der Waals surface area (Å²) in [6, 6.07) is 20.1. The maximum absolute atomic E-state index is 3.73. The molecule has 0 fully saturated rings. The Morgan fingerprint density at radius 2 is 1.57 bits per heavy atom. The average Bonchev–Trinajstić information content (AvgIpc) is 2.50. The fourth-order valence-corrected chi connectivity index (χ4v) is 2.43. The molecule has 0 aliphatic rings. The molecule has 2 rings (SSSR count). The summed E-state index contributed by atoms with van der Waals surface area (Å²) in [4.78, 5) is 2.24. The molecule has 0 heterocycles. The van der Waals surface area contributed by atoms with Gasteiger partial charge < -0.3 is 10.2 Å². The van der Waals surface area contributed by atoms with Crippen LogP contribution in [0.15, 0.2) is 54.6 Å². The number of aryl methyl sites for hydroxylation is 1. The molecule has 2 aromatic carbocycles. The van der Waals surface area contributed by atoms with E-state index in [4.69, 9.17) is 0 Å². The maximum Gasteiger partial charge on any atom is 0.0579 e. The van der Waals surface area contributed by atoms with Crippen LogP contribution in [-0.2, 0) is 0 Å². The van der Waals surface area contributed by atoms with Crippen molar-refractivity contribution in [2.75, 3.05) is 20.6 Å². The summed E-state index contributed by atoms with van der Waals surface area (Å²) in [7, 11) is 4.25. The van der Waals surface area contributed by atoms with Gasteiger partial charge in [-0.15, -0.1) is 0 Å². The minimum Gasteiger partial charge on any atom is -0.305 e. The van der Waals surface area contributed by atoms with Gasteiger partial charge in [-0.1, -0.05) is 54.6 Å². The lowest BCUT2D eigenvalue weighted by molar-refractivity contribution is 0.298. The third kappa shape index (κ3) is 4.16. The fraction of sp³-hybridized carbons (Fsp3) is 0.368. The molecule has 0 radical (unpaired) electrons. The summed E-state index contributed by atoms with van der Waals surface area (Å²) < 4.78 is 0. The van der Waals surface area contributed by atoms with Gasteiger partial charge in [0.15, 0.2) is 0 Å². The number of benzene rings is 2. The van der Waals surface area contributed by atoms with E-state index in [-0.39, 0.29) is 6.04 Å². The Hall–Kier alpha value is -1.64. The van der Waals surface area contributed by atoms with Crippen molar-refractivity contribution in [1.29, 1.82) is 0 Å². The van der Waals surface area contributed by atoms with Crippen molar-refractivity contribution >= 4 is 0 Å². The lowest BCUT2D eigenvalue weighted by Gasteiger charge is -2.26. The van der Waals surface area contributed by atoms with Crippen LogP contribution >= 0.6 is 0 Å². The van der Waals surface area contributed by atoms with Crippen LogP contribution in [0.1, 0.15) is 29.7 Å². The van der Waals surface area contributed by atoms with Crippen molar-refractivity contribution in [3.63, 3.8) is 0 Å². The van der Waals surface area contributed by atoms with Crippen LogP contribution in [0.2, 0.25) is 0 Å². The lowest BCUT2D eigenvalue weighted by Crippen LogP contribution is -2.37. The molecule has 0 aromatic heterocycles. The number of hydrogen-bond donors (Lipinski definition) is 1. The van der Waals surface area contributed by atoms with Gasteiger partial charge in [-0.3, -0.25) is 0 Å². The zero-order chi connectivity index (χ0) is 15.2. The molecular weight excluding hydrogens is 256 g/mol. The summed E-state index contributed by atoms with van der Waals surface area (Å²) >= 11 is 0. The van der Waals surface area contributed by atoms with Gasteiger partial charge in [0.05, 0.1) is 6.04 Å². The zero-order valence-corrected chi connectivity index (χ0v) is 13.5. The Morgan fingerprint density at radius 1 is 0.952 bits per heavy atom. The van der Waals surface area contributed by atoms with E-state index in [0.717, 1.165) is 6.54 Å². The molecule has 2 nitrogen and oxygen atoms in total. The van der Waals surface area contributed by atoms with E-state index >= 15 is 0 Å². The van der Waals surface area contributed by atoms with Gasteiger partial charge in [0.25, 0.3) is 0 Å². The van der Waals surface area contributed by atoms with Gasteiger partial charge in [-0.25, -0.2) is 0 Å². The first-order chi connectivity index (χ1) is 10.1. The number of nitrogens with one attached hydrogen (secondary N) is 1. The molecule has 2 heteroatoms. The number of likely N-dealkylation sites (N-methyl/N-ethyl adjacent to an activating group) is 1. The number of nitrogens with zero attached hydrogens (tertiary/aromatic N) is 1. The Kier molecular flexibility index (Phi) is 5.54. The zero-order valence-electron chi connectivity index (χ0n) is 13.5. The summed E-state index contributed by atoms with van der Waals surface area (Å²) in [5.74, 6) is 0. The van der Waals surface area contributed by atoms with Crippen LogP contribution < -0.4 is 5.32 Å². The molecule has 2 atom stereocenters. The summed E-state index contributed by atoms with van der Waals surface area (Å²) in [6.07, 6.45) is 0. The first kappa shape index (κ1) is 15.7. The topological polar surface area (TPSA) is 15.3 Å². The van der Waals surface area contributed by atoms with Gasteiger partial charge in [0.1, 0.15) is 0 Å². The van der Waals surface area contributed by atoms with E-state index in [0.29, 0.717) is 6.04 Å². The van der Waals surface area contributed by atoms with Crippen molar-refractivity contribution in [3.05, 3.63) is 71.3 Å². The maximum atomic E-state index is 3.73. The molecule has 1 N–H and O–H groups in total. The quantitative estimate of drug-likeness (QED) is 0.870. The molecule has 2 unspecified atom stereocenters. The molecule has 0 aliphatic carbocycles. The molecule has 112 valence electrons. The lowest BCUT2D eigenvalue weighted by atomic mass is 9.95. The second-order valence-electron chi connectivity index (χ2n) is 5.92. The van der Waals surface area contributed by atoms with Gasteiger partial charge in [-0.05, 0) is 44.6 Å². The second-order valence-corrected chi connectivity index (χ2v) is 5.92. The normalized spacial score (nSPS) is 14.1. The Bertz CT molecular complexity index is 549. The van der Waals surface area contributed by atoms with E-state index in [1.807, 2.05) is 0 Å². The molecule has 0 saturated carbocycles. The van der Waals surface area contributed by atoms with Crippen LogP contribution in [0.5, 0.6) is 0 Å². The van der Waals surface area contributed by atoms with E-state index in [9.17, 15) is 0 Å². The third-order valence-electron chi connectivity index (χ3n) is 4.13. The highest BCUT2D eigenvalue weighted by atomic mass is 15.1. The van der Waals surface area contributed by atoms with Gasteiger partial charge >= 0.3 is 0 Å². The summed E-state index contributed by atoms with van der Waals surface area (Å²) in [5, 5.41) is 3.73. The SMILES string of the molecule is Cc1ccccc1C(NCC(C)N(C)C)c1ccccc1. The van der Waals surface area contributed by atoms with Crippen molar-refractivity contribution in [3.8, 4) is 0 Å². The van der Waals surface area contributed by atoms with Crippen LogP contribution in [0.3, 0.4) is 0 Å². The molecule has 0 saturated heterocycles. The fourth-order valence-electron chi connectivity index (χ4n) is 2.43. The third-order valence-corrected chi connectivity index (χ3v) is 4.13. The molecule has 0 bridgehead atoms. The minimum atomic E-state index is 0.245. The van der Waals surface area contributed by atoms with Crippen LogP contribution in [0.25, 0.3) is 0 Å². The molecule has 21 heavy (non-hydrogen) atoms. The summed E-state index contributed by atoms with van der Waals surface area (Å²) in [5.41, 5.74) is 4.00. The highest BCUT2D eigenvalue weighted by Crippen LogP contribution is 2.24. The van der Waals surface area contributed by atoms with E-state index in [1.54, 1.807) is 0 Å². The van der Waals surface area contributed by atoms with Crippen LogP contribution in [0, 0.1) is 6.92 Å². The smallest absolute Gasteiger partial charge is 0.0579 e.